The number of hydrogen-bond donors (Lipinski definition) is 1. The number of hydrogen-bond acceptors (Lipinski definition) is 3. The topological polar surface area (TPSA) is 63.6 Å². The predicted molar refractivity (Wildman–Crippen MR) is 229 cm³/mol. The fourth-order valence-corrected chi connectivity index (χ4v) is 7.25. The second kappa shape index (κ2) is 48.0. The van der Waals surface area contributed by atoms with Gasteiger partial charge in [0.05, 0.1) is 12.5 Å². The van der Waals surface area contributed by atoms with Crippen molar-refractivity contribution in [3.8, 4) is 0 Å². The third kappa shape index (κ3) is 47.0. The van der Waals surface area contributed by atoms with Gasteiger partial charge in [0.2, 0.25) is 0 Å². The van der Waals surface area contributed by atoms with Crippen molar-refractivity contribution in [3.05, 3.63) is 0 Å². The van der Waals surface area contributed by atoms with Gasteiger partial charge in [0.1, 0.15) is 0 Å². The summed E-state index contributed by atoms with van der Waals surface area (Å²) >= 11 is 0. The fourth-order valence-electron chi connectivity index (χ4n) is 7.25. The number of aliphatic carboxylic acids is 1. The Kier molecular flexibility index (Phi) is 48.9. The van der Waals surface area contributed by atoms with Gasteiger partial charge in [-0.3, -0.25) is 9.59 Å². The molecule has 4 nitrogen and oxygen atoms in total. The Bertz CT molecular complexity index is 677. The lowest BCUT2D eigenvalue weighted by Crippen LogP contribution is -2.18. The number of carbonyl (C=O) groups is 2. The number of rotatable bonds is 42. The zero-order valence-electron chi connectivity index (χ0n) is 36.2. The van der Waals surface area contributed by atoms with Crippen LogP contribution in [-0.2, 0) is 14.3 Å². The molecule has 0 aromatic carbocycles. The maximum absolute atomic E-state index is 12.7. The van der Waals surface area contributed by atoms with Crippen molar-refractivity contribution in [2.45, 2.75) is 285 Å². The van der Waals surface area contributed by atoms with E-state index in [0.717, 1.165) is 32.1 Å². The summed E-state index contributed by atoms with van der Waals surface area (Å²) in [7, 11) is 0. The number of ether oxygens (including phenoxy) is 1. The van der Waals surface area contributed by atoms with Crippen LogP contribution in [0.3, 0.4) is 0 Å². The third-order valence-corrected chi connectivity index (χ3v) is 10.9. The molecule has 0 aliphatic heterocycles. The summed E-state index contributed by atoms with van der Waals surface area (Å²) in [6.45, 7) is 9.70. The molecule has 0 saturated heterocycles. The first-order valence-electron chi connectivity index (χ1n) is 23.9. The van der Waals surface area contributed by atoms with Gasteiger partial charge in [-0.1, -0.05) is 252 Å². The van der Waals surface area contributed by atoms with E-state index in [1.807, 2.05) is 0 Å². The van der Waals surface area contributed by atoms with E-state index in [9.17, 15) is 9.59 Å². The van der Waals surface area contributed by atoms with Crippen molar-refractivity contribution in [3.63, 3.8) is 0 Å². The molecule has 52 heavy (non-hydrogen) atoms. The van der Waals surface area contributed by atoms with Crippen LogP contribution in [0.15, 0.2) is 0 Å². The maximum Gasteiger partial charge on any atom is 0.308 e. The minimum atomic E-state index is -0.655. The second-order valence-corrected chi connectivity index (χ2v) is 16.3. The molecule has 1 atom stereocenters. The number of unbranched alkanes of at least 4 members (excludes halogenated alkanes) is 33. The van der Waals surface area contributed by atoms with Crippen LogP contribution in [0.5, 0.6) is 0 Å². The molecule has 0 heterocycles. The van der Waals surface area contributed by atoms with Crippen molar-refractivity contribution in [1.29, 1.82) is 0 Å². The van der Waals surface area contributed by atoms with Gasteiger partial charge in [0.15, 0.2) is 0 Å². The van der Waals surface area contributed by atoms with Crippen molar-refractivity contribution in [2.24, 2.45) is 5.92 Å². The quantitative estimate of drug-likeness (QED) is 0.0501. The van der Waals surface area contributed by atoms with Gasteiger partial charge in [-0.15, -0.1) is 0 Å². The Morgan fingerprint density at radius 2 is 0.615 bits per heavy atom. The lowest BCUT2D eigenvalue weighted by molar-refractivity contribution is -0.149. The van der Waals surface area contributed by atoms with Crippen LogP contribution < -0.4 is 0 Å². The summed E-state index contributed by atoms with van der Waals surface area (Å²) in [4.78, 5) is 23.0. The van der Waals surface area contributed by atoms with Gasteiger partial charge in [-0.25, -0.2) is 0 Å². The molecule has 0 amide bonds. The fraction of sp³-hybridized carbons (Fsp3) is 0.958. The van der Waals surface area contributed by atoms with Crippen LogP contribution in [0.2, 0.25) is 0 Å². The molecule has 0 radical (unpaired) electrons. The first-order valence-corrected chi connectivity index (χ1v) is 23.9. The van der Waals surface area contributed by atoms with Crippen molar-refractivity contribution >= 4 is 11.9 Å². The minimum Gasteiger partial charge on any atom is -0.481 e. The van der Waals surface area contributed by atoms with Gasteiger partial charge in [-0.05, 0) is 25.7 Å². The van der Waals surface area contributed by atoms with Crippen molar-refractivity contribution in [1.82, 2.24) is 0 Å². The Morgan fingerprint density at radius 1 is 0.365 bits per heavy atom. The van der Waals surface area contributed by atoms with Gasteiger partial charge < -0.3 is 9.84 Å². The van der Waals surface area contributed by atoms with Gasteiger partial charge in [0, 0.05) is 6.42 Å². The number of esters is 1. The average molecular weight is 737 g/mol. The van der Waals surface area contributed by atoms with Gasteiger partial charge in [0.25, 0.3) is 0 Å². The van der Waals surface area contributed by atoms with Crippen LogP contribution in [-0.4, -0.2) is 23.7 Å². The SMILES string of the molecule is CCCCCCCCCCCCCCC(CCCCCC)C(=O)OCCCCCCCCCC.CCCCCCCCCCCCCCCC(=O)O. The molecule has 0 saturated carbocycles. The number of carboxylic acid groups (broad SMARTS) is 1. The highest BCUT2D eigenvalue weighted by molar-refractivity contribution is 5.72. The lowest BCUT2D eigenvalue weighted by Gasteiger charge is -2.16. The van der Waals surface area contributed by atoms with Crippen LogP contribution in [0.4, 0.5) is 0 Å². The van der Waals surface area contributed by atoms with Crippen LogP contribution >= 0.6 is 0 Å². The predicted octanol–water partition coefficient (Wildman–Crippen LogP) is 16.9. The van der Waals surface area contributed by atoms with Crippen LogP contribution in [0.25, 0.3) is 0 Å². The van der Waals surface area contributed by atoms with Crippen LogP contribution in [0.1, 0.15) is 285 Å². The first-order chi connectivity index (χ1) is 25.5. The molecule has 0 bridgehead atoms. The molecule has 312 valence electrons. The van der Waals surface area contributed by atoms with E-state index >= 15 is 0 Å². The maximum atomic E-state index is 12.7. The first kappa shape index (κ1) is 53.0. The molecule has 1 unspecified atom stereocenters. The van der Waals surface area contributed by atoms with E-state index in [1.165, 1.54) is 218 Å². The summed E-state index contributed by atoms with van der Waals surface area (Å²) in [6, 6.07) is 0. The summed E-state index contributed by atoms with van der Waals surface area (Å²) < 4.78 is 5.72. The second-order valence-electron chi connectivity index (χ2n) is 16.3. The smallest absolute Gasteiger partial charge is 0.308 e. The highest BCUT2D eigenvalue weighted by atomic mass is 16.5. The number of carboxylic acids is 1. The highest BCUT2D eigenvalue weighted by Crippen LogP contribution is 2.21. The molecular formula is C48H96O4. The highest BCUT2D eigenvalue weighted by Gasteiger charge is 2.19. The largest absolute Gasteiger partial charge is 0.481 e. The van der Waals surface area contributed by atoms with Crippen molar-refractivity contribution < 1.29 is 19.4 Å². The van der Waals surface area contributed by atoms with E-state index in [4.69, 9.17) is 9.84 Å². The molecule has 0 aliphatic carbocycles. The van der Waals surface area contributed by atoms with E-state index in [0.29, 0.717) is 13.0 Å². The molecule has 0 aromatic rings. The zero-order chi connectivity index (χ0) is 38.4. The Balaban J connectivity index is 0. The van der Waals surface area contributed by atoms with Gasteiger partial charge >= 0.3 is 11.9 Å². The third-order valence-electron chi connectivity index (χ3n) is 10.9. The average Bonchev–Trinajstić information content (AvgIpc) is 3.14. The zero-order valence-corrected chi connectivity index (χ0v) is 36.2. The molecule has 1 N–H and O–H groups in total. The molecule has 0 spiro atoms. The number of carbonyl (C=O) groups excluding carboxylic acids is 1. The Hall–Kier alpha value is -1.06. The molecule has 0 rings (SSSR count). The minimum absolute atomic E-state index is 0.0996. The lowest BCUT2D eigenvalue weighted by atomic mass is 9.94. The van der Waals surface area contributed by atoms with E-state index in [-0.39, 0.29) is 11.9 Å². The standard InChI is InChI=1S/C32H64O2.C16H32O2/c1-4-7-10-13-15-17-18-19-20-21-23-26-29-31(28-25-12-9-6-3)32(33)34-30-27-24-22-16-14-11-8-5-2;1-2-3-4-5-6-7-8-9-10-11-12-13-14-15-16(17)18/h31H,4-30H2,1-3H3;2-15H2,1H3,(H,17,18). The summed E-state index contributed by atoms with van der Waals surface area (Å²) in [6.07, 6.45) is 51.1. The summed E-state index contributed by atoms with van der Waals surface area (Å²) in [5.41, 5.74) is 0. The summed E-state index contributed by atoms with van der Waals surface area (Å²) in [5.74, 6) is -0.408. The molecule has 4 heteroatoms. The molecule has 0 aliphatic rings. The van der Waals surface area contributed by atoms with Crippen LogP contribution in [0, 0.1) is 5.92 Å². The van der Waals surface area contributed by atoms with E-state index in [1.54, 1.807) is 0 Å². The molecule has 0 aromatic heterocycles. The van der Waals surface area contributed by atoms with E-state index < -0.39 is 5.97 Å². The normalized spacial score (nSPS) is 11.7. The molecule has 0 fully saturated rings. The Labute approximate surface area is 327 Å². The Morgan fingerprint density at radius 3 is 0.923 bits per heavy atom. The summed E-state index contributed by atoms with van der Waals surface area (Å²) in [5, 5.41) is 8.49. The van der Waals surface area contributed by atoms with Crippen molar-refractivity contribution in [2.75, 3.05) is 6.61 Å². The molecular weight excluding hydrogens is 641 g/mol. The van der Waals surface area contributed by atoms with Gasteiger partial charge in [-0.2, -0.15) is 0 Å². The monoisotopic (exact) mass is 737 g/mol. The van der Waals surface area contributed by atoms with E-state index in [2.05, 4.69) is 27.7 Å².